The van der Waals surface area contributed by atoms with Crippen LogP contribution in [-0.4, -0.2) is 6.54 Å². The van der Waals surface area contributed by atoms with Crippen molar-refractivity contribution in [2.75, 3.05) is 11.9 Å². The number of nitrogens with one attached hydrogen (secondary N) is 1. The molecule has 0 bridgehead atoms. The zero-order chi connectivity index (χ0) is 11.1. The lowest BCUT2D eigenvalue weighted by atomic mass is 10.2. The molecule has 0 aliphatic heterocycles. The highest BCUT2D eigenvalue weighted by atomic mass is 79.9. The maximum atomic E-state index is 8.89. The van der Waals surface area contributed by atoms with Gasteiger partial charge in [-0.05, 0) is 31.5 Å². The molecule has 0 amide bonds. The minimum absolute atomic E-state index is 0.679. The van der Waals surface area contributed by atoms with Crippen molar-refractivity contribution in [3.8, 4) is 6.07 Å². The van der Waals surface area contributed by atoms with Crippen molar-refractivity contribution in [2.24, 2.45) is 0 Å². The molecule has 1 N–H and O–H groups in total. The molecule has 0 spiro atoms. The Balaban J connectivity index is 2.67. The maximum Gasteiger partial charge on any atom is 0.101 e. The third kappa shape index (κ3) is 3.77. The van der Waals surface area contributed by atoms with Crippen LogP contribution in [0.1, 0.15) is 18.9 Å². The number of nitrogens with zero attached hydrogens (tertiary/aromatic N) is 1. The molecule has 0 fully saturated rings. The van der Waals surface area contributed by atoms with E-state index in [1.54, 1.807) is 0 Å². The van der Waals surface area contributed by atoms with Gasteiger partial charge in [-0.25, -0.2) is 0 Å². The van der Waals surface area contributed by atoms with Crippen molar-refractivity contribution in [3.05, 3.63) is 40.4 Å². The molecule has 15 heavy (non-hydrogen) atoms. The Labute approximate surface area is 98.7 Å². The van der Waals surface area contributed by atoms with Gasteiger partial charge in [0.05, 0.1) is 11.3 Å². The normalized spacial score (nSPS) is 10.2. The van der Waals surface area contributed by atoms with Gasteiger partial charge in [0, 0.05) is 11.0 Å². The number of nitriles is 1. The third-order valence-electron chi connectivity index (χ3n) is 1.96. The molecule has 0 saturated heterocycles. The maximum absolute atomic E-state index is 8.89. The summed E-state index contributed by atoms with van der Waals surface area (Å²) in [6.45, 7) is 2.84. The SMILES string of the molecule is C/C=C/CCNc1cc(Br)ccc1C#N. The Kier molecular flexibility index (Phi) is 4.92. The van der Waals surface area contributed by atoms with E-state index in [0.717, 1.165) is 23.1 Å². The topological polar surface area (TPSA) is 35.8 Å². The van der Waals surface area contributed by atoms with Gasteiger partial charge >= 0.3 is 0 Å². The van der Waals surface area contributed by atoms with Crippen LogP contribution in [-0.2, 0) is 0 Å². The molecular formula is C12H13BrN2. The molecule has 1 rings (SSSR count). The van der Waals surface area contributed by atoms with Crippen molar-refractivity contribution in [2.45, 2.75) is 13.3 Å². The molecule has 0 radical (unpaired) electrons. The molecule has 1 aromatic rings. The van der Waals surface area contributed by atoms with Gasteiger partial charge in [0.25, 0.3) is 0 Å². The number of benzene rings is 1. The summed E-state index contributed by atoms with van der Waals surface area (Å²) < 4.78 is 0.982. The molecule has 0 unspecified atom stereocenters. The highest BCUT2D eigenvalue weighted by molar-refractivity contribution is 9.10. The predicted octanol–water partition coefficient (Wildman–Crippen LogP) is 3.70. The van der Waals surface area contributed by atoms with Crippen LogP contribution in [0.2, 0.25) is 0 Å². The Bertz CT molecular complexity index is 391. The van der Waals surface area contributed by atoms with Crippen LogP contribution in [0.4, 0.5) is 5.69 Å². The zero-order valence-electron chi connectivity index (χ0n) is 8.63. The molecule has 0 aliphatic carbocycles. The van der Waals surface area contributed by atoms with Gasteiger partial charge in [-0.1, -0.05) is 28.1 Å². The Hall–Kier alpha value is -1.27. The summed E-state index contributed by atoms with van der Waals surface area (Å²) in [6.07, 6.45) is 5.08. The summed E-state index contributed by atoms with van der Waals surface area (Å²) in [7, 11) is 0. The minimum atomic E-state index is 0.679. The molecule has 78 valence electrons. The Morgan fingerprint density at radius 3 is 3.00 bits per heavy atom. The molecule has 2 nitrogen and oxygen atoms in total. The number of allylic oxidation sites excluding steroid dienone is 1. The minimum Gasteiger partial charge on any atom is -0.384 e. The fraction of sp³-hybridized carbons (Fsp3) is 0.250. The first kappa shape index (κ1) is 11.8. The Morgan fingerprint density at radius 2 is 2.33 bits per heavy atom. The van der Waals surface area contributed by atoms with Gasteiger partial charge in [0.2, 0.25) is 0 Å². The van der Waals surface area contributed by atoms with Crippen molar-refractivity contribution >= 4 is 21.6 Å². The van der Waals surface area contributed by atoms with Crippen LogP contribution < -0.4 is 5.32 Å². The zero-order valence-corrected chi connectivity index (χ0v) is 10.2. The lowest BCUT2D eigenvalue weighted by Gasteiger charge is -2.06. The predicted molar refractivity (Wildman–Crippen MR) is 66.8 cm³/mol. The highest BCUT2D eigenvalue weighted by Crippen LogP contribution is 2.20. The molecule has 3 heteroatoms. The summed E-state index contributed by atoms with van der Waals surface area (Å²) in [4.78, 5) is 0. The lowest BCUT2D eigenvalue weighted by Crippen LogP contribution is -2.01. The van der Waals surface area contributed by atoms with Gasteiger partial charge in [0.1, 0.15) is 6.07 Å². The Morgan fingerprint density at radius 1 is 1.53 bits per heavy atom. The van der Waals surface area contributed by atoms with E-state index in [-0.39, 0.29) is 0 Å². The largest absolute Gasteiger partial charge is 0.384 e. The number of hydrogen-bond donors (Lipinski definition) is 1. The second-order valence-electron chi connectivity index (χ2n) is 3.09. The second-order valence-corrected chi connectivity index (χ2v) is 4.00. The van der Waals surface area contributed by atoms with Crippen molar-refractivity contribution in [1.82, 2.24) is 0 Å². The van der Waals surface area contributed by atoms with E-state index in [2.05, 4.69) is 33.4 Å². The summed E-state index contributed by atoms with van der Waals surface area (Å²) in [5, 5.41) is 12.1. The molecule has 0 saturated carbocycles. The quantitative estimate of drug-likeness (QED) is 0.665. The smallest absolute Gasteiger partial charge is 0.101 e. The van der Waals surface area contributed by atoms with Gasteiger partial charge < -0.3 is 5.32 Å². The van der Waals surface area contributed by atoms with E-state index in [0.29, 0.717) is 5.56 Å². The van der Waals surface area contributed by atoms with Crippen LogP contribution in [0.25, 0.3) is 0 Å². The first-order valence-corrected chi connectivity index (χ1v) is 5.62. The van der Waals surface area contributed by atoms with Crippen molar-refractivity contribution in [3.63, 3.8) is 0 Å². The second kappa shape index (κ2) is 6.26. The number of anilines is 1. The van der Waals surface area contributed by atoms with Crippen LogP contribution in [0.15, 0.2) is 34.8 Å². The summed E-state index contributed by atoms with van der Waals surface area (Å²) in [5.41, 5.74) is 1.56. The first-order chi connectivity index (χ1) is 7.27. The monoisotopic (exact) mass is 264 g/mol. The van der Waals surface area contributed by atoms with E-state index in [9.17, 15) is 0 Å². The van der Waals surface area contributed by atoms with E-state index in [1.807, 2.05) is 31.2 Å². The number of halogens is 1. The summed E-state index contributed by atoms with van der Waals surface area (Å²) >= 11 is 3.38. The van der Waals surface area contributed by atoms with E-state index < -0.39 is 0 Å². The average molecular weight is 265 g/mol. The number of hydrogen-bond acceptors (Lipinski definition) is 2. The molecular weight excluding hydrogens is 252 g/mol. The molecule has 0 aromatic heterocycles. The summed E-state index contributed by atoms with van der Waals surface area (Å²) in [5.74, 6) is 0. The van der Waals surface area contributed by atoms with Gasteiger partial charge in [-0.15, -0.1) is 0 Å². The van der Waals surface area contributed by atoms with Crippen LogP contribution >= 0.6 is 15.9 Å². The number of rotatable bonds is 4. The molecule has 0 aliphatic rings. The van der Waals surface area contributed by atoms with Crippen molar-refractivity contribution < 1.29 is 0 Å². The summed E-state index contributed by atoms with van der Waals surface area (Å²) in [6, 6.07) is 7.77. The fourth-order valence-electron chi connectivity index (χ4n) is 1.22. The van der Waals surface area contributed by atoms with Crippen LogP contribution in [0.5, 0.6) is 0 Å². The van der Waals surface area contributed by atoms with Crippen molar-refractivity contribution in [1.29, 1.82) is 5.26 Å². The van der Waals surface area contributed by atoms with E-state index in [4.69, 9.17) is 5.26 Å². The van der Waals surface area contributed by atoms with Gasteiger partial charge in [-0.3, -0.25) is 0 Å². The third-order valence-corrected chi connectivity index (χ3v) is 2.46. The highest BCUT2D eigenvalue weighted by Gasteiger charge is 2.00. The van der Waals surface area contributed by atoms with E-state index in [1.165, 1.54) is 0 Å². The standard InChI is InChI=1S/C12H13BrN2/c1-2-3-4-7-15-12-8-11(13)6-5-10(12)9-14/h2-3,5-6,8,15H,4,7H2,1H3/b3-2+. The van der Waals surface area contributed by atoms with Gasteiger partial charge in [0.15, 0.2) is 0 Å². The van der Waals surface area contributed by atoms with Crippen LogP contribution in [0, 0.1) is 11.3 Å². The van der Waals surface area contributed by atoms with Crippen LogP contribution in [0.3, 0.4) is 0 Å². The molecule has 0 heterocycles. The van der Waals surface area contributed by atoms with E-state index >= 15 is 0 Å². The average Bonchev–Trinajstić information content (AvgIpc) is 2.25. The van der Waals surface area contributed by atoms with Gasteiger partial charge in [-0.2, -0.15) is 5.26 Å². The molecule has 1 aromatic carbocycles. The lowest BCUT2D eigenvalue weighted by molar-refractivity contribution is 1.06. The fourth-order valence-corrected chi connectivity index (χ4v) is 1.58. The molecule has 0 atom stereocenters. The first-order valence-electron chi connectivity index (χ1n) is 4.82.